The SMILES string of the molecule is O=C(N/N=C/c1ccc(N2CCCCC2)s1)c1cc(-c2ccc(F)cc2)nc2ccccc12. The zero-order valence-corrected chi connectivity index (χ0v) is 18.8. The number of pyridine rings is 1. The predicted molar refractivity (Wildman–Crippen MR) is 133 cm³/mol. The van der Waals surface area contributed by atoms with Crippen LogP contribution in [0.25, 0.3) is 22.2 Å². The highest BCUT2D eigenvalue weighted by Crippen LogP contribution is 2.28. The Morgan fingerprint density at radius 1 is 1.03 bits per heavy atom. The third-order valence-corrected chi connectivity index (χ3v) is 6.82. The van der Waals surface area contributed by atoms with Crippen LogP contribution in [0.4, 0.5) is 9.39 Å². The van der Waals surface area contributed by atoms with E-state index in [0.29, 0.717) is 16.8 Å². The minimum Gasteiger partial charge on any atom is -0.363 e. The zero-order chi connectivity index (χ0) is 22.6. The molecule has 2 aromatic carbocycles. The van der Waals surface area contributed by atoms with Crippen LogP contribution in [-0.4, -0.2) is 30.2 Å². The van der Waals surface area contributed by atoms with Crippen molar-refractivity contribution in [1.82, 2.24) is 10.4 Å². The molecular weight excluding hydrogens is 435 g/mol. The van der Waals surface area contributed by atoms with E-state index in [1.807, 2.05) is 30.3 Å². The van der Waals surface area contributed by atoms with E-state index >= 15 is 0 Å². The fourth-order valence-corrected chi connectivity index (χ4v) is 4.97. The van der Waals surface area contributed by atoms with Gasteiger partial charge in [0.05, 0.1) is 28.0 Å². The Morgan fingerprint density at radius 2 is 1.82 bits per heavy atom. The third-order valence-electron chi connectivity index (χ3n) is 5.74. The Labute approximate surface area is 195 Å². The van der Waals surface area contributed by atoms with Gasteiger partial charge < -0.3 is 4.90 Å². The second kappa shape index (κ2) is 9.50. The second-order valence-corrected chi connectivity index (χ2v) is 9.10. The fraction of sp³-hybridized carbons (Fsp3) is 0.192. The molecule has 166 valence electrons. The first-order valence-electron chi connectivity index (χ1n) is 11.0. The minimum absolute atomic E-state index is 0.316. The van der Waals surface area contributed by atoms with Crippen LogP contribution in [-0.2, 0) is 0 Å². The van der Waals surface area contributed by atoms with E-state index in [0.717, 1.165) is 28.9 Å². The van der Waals surface area contributed by atoms with E-state index in [1.165, 1.54) is 36.4 Å². The van der Waals surface area contributed by atoms with Crippen LogP contribution in [0.15, 0.2) is 71.8 Å². The van der Waals surface area contributed by atoms with Crippen molar-refractivity contribution in [3.05, 3.63) is 83.0 Å². The summed E-state index contributed by atoms with van der Waals surface area (Å²) in [4.78, 5) is 21.1. The van der Waals surface area contributed by atoms with Crippen molar-refractivity contribution in [3.63, 3.8) is 0 Å². The molecule has 0 saturated carbocycles. The fourth-order valence-electron chi connectivity index (χ4n) is 4.04. The van der Waals surface area contributed by atoms with Gasteiger partial charge in [0.25, 0.3) is 5.91 Å². The summed E-state index contributed by atoms with van der Waals surface area (Å²) in [5, 5.41) is 6.17. The maximum absolute atomic E-state index is 13.3. The van der Waals surface area contributed by atoms with Crippen molar-refractivity contribution in [3.8, 4) is 11.3 Å². The molecular formula is C26H23FN4OS. The molecule has 2 aromatic heterocycles. The van der Waals surface area contributed by atoms with Crippen LogP contribution in [0.5, 0.6) is 0 Å². The minimum atomic E-state index is -0.318. The van der Waals surface area contributed by atoms with Gasteiger partial charge >= 0.3 is 0 Å². The molecule has 5 rings (SSSR count). The Morgan fingerprint density at radius 3 is 2.64 bits per heavy atom. The van der Waals surface area contributed by atoms with Gasteiger partial charge in [-0.3, -0.25) is 4.79 Å². The lowest BCUT2D eigenvalue weighted by molar-refractivity contribution is 0.0956. The number of carbonyl (C=O) groups excluding carboxylic acids is 1. The van der Waals surface area contributed by atoms with Crippen LogP contribution >= 0.6 is 11.3 Å². The molecule has 1 aliphatic heterocycles. The molecule has 0 radical (unpaired) electrons. The Kier molecular flexibility index (Phi) is 6.13. The van der Waals surface area contributed by atoms with Gasteiger partial charge in [-0.2, -0.15) is 5.10 Å². The van der Waals surface area contributed by atoms with E-state index in [4.69, 9.17) is 0 Å². The van der Waals surface area contributed by atoms with Crippen LogP contribution in [0.3, 0.4) is 0 Å². The molecule has 3 heterocycles. The number of hydrogen-bond acceptors (Lipinski definition) is 5. The van der Waals surface area contributed by atoms with Crippen LogP contribution in [0.1, 0.15) is 34.5 Å². The number of hydrazone groups is 1. The molecule has 7 heteroatoms. The second-order valence-electron chi connectivity index (χ2n) is 8.00. The van der Waals surface area contributed by atoms with Gasteiger partial charge in [0.15, 0.2) is 0 Å². The molecule has 0 atom stereocenters. The van der Waals surface area contributed by atoms with Gasteiger partial charge in [-0.1, -0.05) is 18.2 Å². The first kappa shape index (κ1) is 21.3. The Bertz CT molecular complexity index is 1310. The summed E-state index contributed by atoms with van der Waals surface area (Å²) >= 11 is 1.67. The van der Waals surface area contributed by atoms with Crippen LogP contribution in [0, 0.1) is 5.82 Å². The summed E-state index contributed by atoms with van der Waals surface area (Å²) in [7, 11) is 0. The number of benzene rings is 2. The average molecular weight is 459 g/mol. The van der Waals surface area contributed by atoms with Gasteiger partial charge in [-0.25, -0.2) is 14.8 Å². The number of amides is 1. The van der Waals surface area contributed by atoms with Crippen molar-refractivity contribution in [2.75, 3.05) is 18.0 Å². The van der Waals surface area contributed by atoms with E-state index < -0.39 is 0 Å². The van der Waals surface area contributed by atoms with Gasteiger partial charge in [0, 0.05) is 28.9 Å². The number of nitrogens with zero attached hydrogens (tertiary/aromatic N) is 3. The average Bonchev–Trinajstić information content (AvgIpc) is 3.33. The summed E-state index contributed by atoms with van der Waals surface area (Å²) in [6, 6.07) is 19.4. The molecule has 0 bridgehead atoms. The number of fused-ring (bicyclic) bond motifs is 1. The molecule has 4 aromatic rings. The van der Waals surface area contributed by atoms with Crippen molar-refractivity contribution in [1.29, 1.82) is 0 Å². The van der Waals surface area contributed by atoms with Crippen LogP contribution < -0.4 is 10.3 Å². The summed E-state index contributed by atoms with van der Waals surface area (Å²) < 4.78 is 13.3. The number of aromatic nitrogens is 1. The largest absolute Gasteiger partial charge is 0.363 e. The van der Waals surface area contributed by atoms with Gasteiger partial charge in [0.2, 0.25) is 0 Å². The number of anilines is 1. The molecule has 0 unspecified atom stereocenters. The quantitative estimate of drug-likeness (QED) is 0.301. The van der Waals surface area contributed by atoms with E-state index in [1.54, 1.807) is 35.8 Å². The third kappa shape index (κ3) is 4.78. The summed E-state index contributed by atoms with van der Waals surface area (Å²) in [6.07, 6.45) is 5.45. The molecule has 1 amide bonds. The predicted octanol–water partition coefficient (Wildman–Crippen LogP) is 5.86. The molecule has 5 nitrogen and oxygen atoms in total. The number of carbonyl (C=O) groups is 1. The number of thiophene rings is 1. The summed E-state index contributed by atoms with van der Waals surface area (Å²) in [5.74, 6) is -0.634. The van der Waals surface area contributed by atoms with Crippen LogP contribution in [0.2, 0.25) is 0 Å². The molecule has 0 spiro atoms. The number of halogens is 1. The molecule has 1 saturated heterocycles. The van der Waals surface area contributed by atoms with Gasteiger partial charge in [-0.15, -0.1) is 11.3 Å². The van der Waals surface area contributed by atoms with Crippen molar-refractivity contribution in [2.24, 2.45) is 5.10 Å². The summed E-state index contributed by atoms with van der Waals surface area (Å²) in [5.41, 5.74) is 5.16. The molecule has 1 aliphatic rings. The number of rotatable bonds is 5. The monoisotopic (exact) mass is 458 g/mol. The number of hydrogen-bond donors (Lipinski definition) is 1. The maximum atomic E-state index is 13.3. The highest BCUT2D eigenvalue weighted by molar-refractivity contribution is 7.17. The van der Waals surface area contributed by atoms with Gasteiger partial charge in [0.1, 0.15) is 5.82 Å². The summed E-state index contributed by atoms with van der Waals surface area (Å²) in [6.45, 7) is 2.19. The molecule has 1 fully saturated rings. The lowest BCUT2D eigenvalue weighted by Crippen LogP contribution is -2.28. The van der Waals surface area contributed by atoms with Crippen molar-refractivity contribution >= 4 is 39.4 Å². The Balaban J connectivity index is 1.37. The standard InChI is InChI=1S/C26H23FN4OS/c27-19-10-8-18(9-11-19)24-16-22(21-6-2-3-7-23(21)29-24)26(32)30-28-17-20-12-13-25(33-20)31-14-4-1-5-15-31/h2-3,6-13,16-17H,1,4-5,14-15H2,(H,30,32)/b28-17+. The lowest BCUT2D eigenvalue weighted by Gasteiger charge is -2.27. The first-order chi connectivity index (χ1) is 16.2. The van der Waals surface area contributed by atoms with E-state index in [-0.39, 0.29) is 11.7 Å². The number of para-hydroxylation sites is 1. The molecule has 33 heavy (non-hydrogen) atoms. The topological polar surface area (TPSA) is 57.6 Å². The maximum Gasteiger partial charge on any atom is 0.272 e. The zero-order valence-electron chi connectivity index (χ0n) is 18.0. The van der Waals surface area contributed by atoms with E-state index in [9.17, 15) is 9.18 Å². The Hall–Kier alpha value is -3.58. The van der Waals surface area contributed by atoms with Crippen molar-refractivity contribution < 1.29 is 9.18 Å². The highest BCUT2D eigenvalue weighted by Gasteiger charge is 2.15. The first-order valence-corrected chi connectivity index (χ1v) is 11.8. The van der Waals surface area contributed by atoms with Crippen molar-refractivity contribution in [2.45, 2.75) is 19.3 Å². The smallest absolute Gasteiger partial charge is 0.272 e. The highest BCUT2D eigenvalue weighted by atomic mass is 32.1. The molecule has 0 aliphatic carbocycles. The van der Waals surface area contributed by atoms with Gasteiger partial charge in [-0.05, 0) is 67.8 Å². The molecule has 1 N–H and O–H groups in total. The normalized spacial score (nSPS) is 14.2. The number of piperidine rings is 1. The lowest BCUT2D eigenvalue weighted by atomic mass is 10.0. The number of nitrogens with one attached hydrogen (secondary N) is 1. The van der Waals surface area contributed by atoms with E-state index in [2.05, 4.69) is 26.5 Å².